The zero-order valence-corrected chi connectivity index (χ0v) is 16.2. The molecule has 4 aliphatic rings. The molecular weight excluding hydrogens is 375 g/mol. The van der Waals surface area contributed by atoms with Gasteiger partial charge in [0.05, 0.1) is 5.54 Å². The van der Waals surface area contributed by atoms with Crippen molar-refractivity contribution in [3.63, 3.8) is 0 Å². The van der Waals surface area contributed by atoms with E-state index < -0.39 is 23.2 Å². The maximum Gasteiger partial charge on any atom is 0.255 e. The maximum atomic E-state index is 15.3. The average Bonchev–Trinajstić information content (AvgIpc) is 3.29. The number of halogens is 1. The van der Waals surface area contributed by atoms with E-state index in [9.17, 15) is 14.4 Å². The molecule has 8 heteroatoms. The van der Waals surface area contributed by atoms with E-state index in [-0.39, 0.29) is 18.2 Å². The van der Waals surface area contributed by atoms with Gasteiger partial charge in [-0.3, -0.25) is 19.7 Å². The maximum absolute atomic E-state index is 15.3. The van der Waals surface area contributed by atoms with Crippen molar-refractivity contribution < 1.29 is 18.8 Å². The largest absolute Gasteiger partial charge is 0.322 e. The molecule has 7 nitrogen and oxygen atoms in total. The van der Waals surface area contributed by atoms with Crippen LogP contribution in [-0.4, -0.2) is 53.0 Å². The van der Waals surface area contributed by atoms with Gasteiger partial charge in [-0.1, -0.05) is 18.2 Å². The summed E-state index contributed by atoms with van der Waals surface area (Å²) in [5.41, 5.74) is 0.486. The molecule has 1 aliphatic carbocycles. The molecule has 0 aromatic heterocycles. The third kappa shape index (κ3) is 2.80. The Morgan fingerprint density at radius 2 is 2.07 bits per heavy atom. The van der Waals surface area contributed by atoms with Gasteiger partial charge in [-0.2, -0.15) is 0 Å². The molecule has 3 amide bonds. The number of imide groups is 1. The lowest BCUT2D eigenvalue weighted by molar-refractivity contribution is -0.136. The lowest BCUT2D eigenvalue weighted by atomic mass is 9.87. The topological polar surface area (TPSA) is 90.5 Å². The fourth-order valence-electron chi connectivity index (χ4n) is 5.52. The van der Waals surface area contributed by atoms with Gasteiger partial charge in [0, 0.05) is 38.2 Å². The highest BCUT2D eigenvalue weighted by Gasteiger charge is 2.58. The van der Waals surface area contributed by atoms with Gasteiger partial charge >= 0.3 is 0 Å². The molecule has 3 N–H and O–H groups in total. The molecular formula is C21H25FN4O3. The van der Waals surface area contributed by atoms with E-state index in [1.165, 1.54) is 0 Å². The van der Waals surface area contributed by atoms with Gasteiger partial charge in [0.15, 0.2) is 0 Å². The number of carbonyl (C=O) groups excluding carboxylic acids is 3. The zero-order chi connectivity index (χ0) is 20.2. The van der Waals surface area contributed by atoms with Gasteiger partial charge in [0.25, 0.3) is 5.91 Å². The highest BCUT2D eigenvalue weighted by molar-refractivity contribution is 6.06. The molecule has 2 saturated heterocycles. The van der Waals surface area contributed by atoms with Crippen molar-refractivity contribution in [1.82, 2.24) is 20.9 Å². The van der Waals surface area contributed by atoms with Crippen LogP contribution in [0, 0.1) is 0 Å². The van der Waals surface area contributed by atoms with Crippen LogP contribution in [0.15, 0.2) is 18.2 Å². The van der Waals surface area contributed by atoms with Gasteiger partial charge in [0.2, 0.25) is 11.8 Å². The van der Waals surface area contributed by atoms with Crippen LogP contribution in [0.2, 0.25) is 0 Å². The quantitative estimate of drug-likeness (QED) is 0.650. The van der Waals surface area contributed by atoms with Crippen LogP contribution in [0.25, 0.3) is 0 Å². The Labute approximate surface area is 168 Å². The van der Waals surface area contributed by atoms with Gasteiger partial charge in [-0.25, -0.2) is 4.39 Å². The van der Waals surface area contributed by atoms with E-state index in [1.807, 2.05) is 18.2 Å². The minimum atomic E-state index is -1.24. The summed E-state index contributed by atoms with van der Waals surface area (Å²) in [4.78, 5) is 38.4. The molecule has 3 heterocycles. The fourth-order valence-corrected chi connectivity index (χ4v) is 5.52. The molecule has 1 saturated carbocycles. The second-order valence-electron chi connectivity index (χ2n) is 8.71. The molecule has 0 bridgehead atoms. The van der Waals surface area contributed by atoms with Gasteiger partial charge < -0.3 is 15.5 Å². The summed E-state index contributed by atoms with van der Waals surface area (Å²) < 4.78 is 15.3. The molecule has 3 fully saturated rings. The van der Waals surface area contributed by atoms with Crippen molar-refractivity contribution in [3.05, 3.63) is 34.9 Å². The minimum Gasteiger partial charge on any atom is -0.322 e. The monoisotopic (exact) mass is 400 g/mol. The van der Waals surface area contributed by atoms with Crippen LogP contribution in [0.4, 0.5) is 4.39 Å². The first-order valence-electron chi connectivity index (χ1n) is 10.3. The third-order valence-electron chi connectivity index (χ3n) is 7.12. The lowest BCUT2D eigenvalue weighted by Gasteiger charge is -2.34. The Morgan fingerprint density at radius 1 is 1.21 bits per heavy atom. The smallest absolute Gasteiger partial charge is 0.255 e. The van der Waals surface area contributed by atoms with Crippen molar-refractivity contribution >= 4 is 17.7 Å². The van der Waals surface area contributed by atoms with Crippen molar-refractivity contribution in [2.45, 2.75) is 62.4 Å². The second kappa shape index (κ2) is 6.60. The van der Waals surface area contributed by atoms with Crippen molar-refractivity contribution in [2.24, 2.45) is 0 Å². The first-order chi connectivity index (χ1) is 13.9. The number of carbonyl (C=O) groups is 3. The summed E-state index contributed by atoms with van der Waals surface area (Å²) in [6.07, 6.45) is 2.78. The molecule has 29 heavy (non-hydrogen) atoms. The first kappa shape index (κ1) is 18.7. The Bertz CT molecular complexity index is 892. The Balaban J connectivity index is 1.37. The number of nitrogens with zero attached hydrogens (tertiary/aromatic N) is 1. The van der Waals surface area contributed by atoms with E-state index in [4.69, 9.17) is 0 Å². The first-order valence-corrected chi connectivity index (χ1v) is 10.3. The van der Waals surface area contributed by atoms with Crippen LogP contribution in [-0.2, 0) is 22.7 Å². The van der Waals surface area contributed by atoms with Crippen LogP contribution >= 0.6 is 0 Å². The number of hydrogen-bond donors (Lipinski definition) is 3. The highest BCUT2D eigenvalue weighted by Crippen LogP contribution is 2.45. The van der Waals surface area contributed by atoms with E-state index >= 15 is 4.39 Å². The Hall–Kier alpha value is -2.32. The standard InChI is InChI=1S/C21H25FN4O3/c22-20-7-2-8-21(20,12-23-11-20)24-9-13-3-1-4-14-10-26(19(29)17(13)14)15-5-6-16(27)25-18(15)28/h1,3-4,15,23-24H,2,5-12H2,(H,25,27,28)/t15?,20-,21+/m0/s1. The van der Waals surface area contributed by atoms with E-state index in [1.54, 1.807) is 4.90 Å². The van der Waals surface area contributed by atoms with Crippen molar-refractivity contribution in [1.29, 1.82) is 0 Å². The molecule has 1 aromatic rings. The number of amides is 3. The predicted octanol–water partition coefficient (Wildman–Crippen LogP) is 0.771. The number of benzene rings is 1. The molecule has 3 aliphatic heterocycles. The molecule has 1 unspecified atom stereocenters. The summed E-state index contributed by atoms with van der Waals surface area (Å²) in [5, 5.41) is 8.94. The summed E-state index contributed by atoms with van der Waals surface area (Å²) in [5.74, 6) is -0.894. The second-order valence-corrected chi connectivity index (χ2v) is 8.71. The van der Waals surface area contributed by atoms with Crippen LogP contribution in [0.5, 0.6) is 0 Å². The summed E-state index contributed by atoms with van der Waals surface area (Å²) >= 11 is 0. The van der Waals surface area contributed by atoms with Gasteiger partial charge in [-0.15, -0.1) is 0 Å². The van der Waals surface area contributed by atoms with Crippen LogP contribution in [0.3, 0.4) is 0 Å². The summed E-state index contributed by atoms with van der Waals surface area (Å²) in [6.45, 7) is 1.73. The number of nitrogens with one attached hydrogen (secondary N) is 3. The van der Waals surface area contributed by atoms with Gasteiger partial charge in [0.1, 0.15) is 11.7 Å². The summed E-state index contributed by atoms with van der Waals surface area (Å²) in [7, 11) is 0. The van der Waals surface area contributed by atoms with E-state index in [0.29, 0.717) is 44.6 Å². The fraction of sp³-hybridized carbons (Fsp3) is 0.571. The minimum absolute atomic E-state index is 0.188. The van der Waals surface area contributed by atoms with Crippen LogP contribution in [0.1, 0.15) is 53.6 Å². The number of alkyl halides is 1. The third-order valence-corrected chi connectivity index (χ3v) is 7.12. The number of fused-ring (bicyclic) bond motifs is 2. The number of hydrogen-bond acceptors (Lipinski definition) is 5. The predicted molar refractivity (Wildman–Crippen MR) is 103 cm³/mol. The average molecular weight is 400 g/mol. The number of piperidine rings is 1. The number of rotatable bonds is 4. The summed E-state index contributed by atoms with van der Waals surface area (Å²) in [6, 6.07) is 5.07. The van der Waals surface area contributed by atoms with Crippen molar-refractivity contribution in [3.8, 4) is 0 Å². The SMILES string of the molecule is O=C1CCC(N2Cc3cccc(CN[C@@]45CCC[C@]4(F)CNC5)c3C2=O)C(=O)N1. The molecule has 3 atom stereocenters. The van der Waals surface area contributed by atoms with Crippen molar-refractivity contribution in [2.75, 3.05) is 13.1 Å². The normalized spacial score (nSPS) is 33.8. The van der Waals surface area contributed by atoms with E-state index in [2.05, 4.69) is 16.0 Å². The zero-order valence-electron chi connectivity index (χ0n) is 16.2. The molecule has 154 valence electrons. The highest BCUT2D eigenvalue weighted by atomic mass is 19.1. The lowest BCUT2D eigenvalue weighted by Crippen LogP contribution is -2.56. The molecule has 0 radical (unpaired) electrons. The molecule has 1 aromatic carbocycles. The van der Waals surface area contributed by atoms with Gasteiger partial charge in [-0.05, 0) is 36.8 Å². The Morgan fingerprint density at radius 3 is 2.90 bits per heavy atom. The molecule has 0 spiro atoms. The molecule has 5 rings (SSSR count). The van der Waals surface area contributed by atoms with Crippen LogP contribution < -0.4 is 16.0 Å². The Kier molecular flexibility index (Phi) is 4.25. The van der Waals surface area contributed by atoms with E-state index in [0.717, 1.165) is 24.0 Å².